The van der Waals surface area contributed by atoms with E-state index in [9.17, 15) is 4.79 Å². The maximum absolute atomic E-state index is 11.7. The number of amides is 1. The fourth-order valence-electron chi connectivity index (χ4n) is 1.41. The largest absolute Gasteiger partial charge is 0.396 e. The third-order valence-electron chi connectivity index (χ3n) is 2.32. The van der Waals surface area contributed by atoms with Gasteiger partial charge in [0.05, 0.1) is 6.42 Å². The van der Waals surface area contributed by atoms with Crippen molar-refractivity contribution in [2.75, 3.05) is 24.7 Å². The fourth-order valence-corrected chi connectivity index (χ4v) is 2.62. The van der Waals surface area contributed by atoms with Crippen LogP contribution in [-0.2, 0) is 11.2 Å². The van der Waals surface area contributed by atoms with Crippen LogP contribution >= 0.6 is 27.7 Å². The Balaban J connectivity index is 2.16. The van der Waals surface area contributed by atoms with Crippen molar-refractivity contribution in [3.05, 3.63) is 34.3 Å². The summed E-state index contributed by atoms with van der Waals surface area (Å²) >= 11 is 5.17. The van der Waals surface area contributed by atoms with Crippen molar-refractivity contribution in [3.8, 4) is 0 Å². The van der Waals surface area contributed by atoms with E-state index in [-0.39, 0.29) is 12.5 Å². The summed E-state index contributed by atoms with van der Waals surface area (Å²) in [5.41, 5.74) is 1.00. The molecule has 100 valence electrons. The van der Waals surface area contributed by atoms with Gasteiger partial charge in [0, 0.05) is 23.4 Å². The van der Waals surface area contributed by atoms with E-state index in [1.165, 1.54) is 0 Å². The van der Waals surface area contributed by atoms with Crippen LogP contribution in [0.3, 0.4) is 0 Å². The first-order chi connectivity index (χ1) is 8.74. The number of aliphatic hydroxyl groups excluding tert-OH is 1. The predicted molar refractivity (Wildman–Crippen MR) is 79.9 cm³/mol. The number of hydrogen-bond donors (Lipinski definition) is 2. The summed E-state index contributed by atoms with van der Waals surface area (Å²) in [6.07, 6.45) is 1.22. The molecular formula is C13H18BrNO2S. The van der Waals surface area contributed by atoms with Crippen LogP contribution in [-0.4, -0.2) is 35.7 Å². The Hall–Kier alpha value is -0.520. The minimum absolute atomic E-state index is 0.0460. The molecule has 2 N–H and O–H groups in total. The smallest absolute Gasteiger partial charge is 0.224 e. The van der Waals surface area contributed by atoms with E-state index in [1.807, 2.05) is 24.3 Å². The molecule has 1 rings (SSSR count). The highest BCUT2D eigenvalue weighted by Crippen LogP contribution is 2.16. The molecule has 1 aromatic rings. The molecule has 0 heterocycles. The van der Waals surface area contributed by atoms with Gasteiger partial charge in [-0.1, -0.05) is 34.1 Å². The molecule has 3 nitrogen and oxygen atoms in total. The monoisotopic (exact) mass is 331 g/mol. The quantitative estimate of drug-likeness (QED) is 0.718. The molecule has 0 fully saturated rings. The number of hydrogen-bond acceptors (Lipinski definition) is 3. The molecule has 0 atom stereocenters. The van der Waals surface area contributed by atoms with Gasteiger partial charge < -0.3 is 10.4 Å². The van der Waals surface area contributed by atoms with Gasteiger partial charge in [-0.25, -0.2) is 0 Å². The third kappa shape index (κ3) is 6.42. The van der Waals surface area contributed by atoms with Crippen LogP contribution in [0.15, 0.2) is 28.7 Å². The van der Waals surface area contributed by atoms with Crippen LogP contribution < -0.4 is 5.32 Å². The first kappa shape index (κ1) is 15.5. The van der Waals surface area contributed by atoms with Crippen LogP contribution in [0.5, 0.6) is 0 Å². The lowest BCUT2D eigenvalue weighted by Crippen LogP contribution is -2.27. The molecular weight excluding hydrogens is 314 g/mol. The summed E-state index contributed by atoms with van der Waals surface area (Å²) in [6, 6.07) is 7.74. The number of benzene rings is 1. The molecule has 18 heavy (non-hydrogen) atoms. The zero-order valence-corrected chi connectivity index (χ0v) is 12.6. The standard InChI is InChI=1S/C13H18BrNO2S/c14-12-5-2-1-4-11(12)10-13(17)15-6-9-18-8-3-7-16/h1-2,4-5,16H,3,6-10H2,(H,15,17). The van der Waals surface area contributed by atoms with E-state index in [2.05, 4.69) is 21.2 Å². The number of carbonyl (C=O) groups excluding carboxylic acids is 1. The van der Waals surface area contributed by atoms with Crippen LogP contribution in [0.25, 0.3) is 0 Å². The average Bonchev–Trinajstić information content (AvgIpc) is 2.36. The number of aliphatic hydroxyl groups is 1. The van der Waals surface area contributed by atoms with Crippen LogP contribution in [0, 0.1) is 0 Å². The summed E-state index contributed by atoms with van der Waals surface area (Å²) < 4.78 is 0.970. The summed E-state index contributed by atoms with van der Waals surface area (Å²) in [7, 11) is 0. The van der Waals surface area contributed by atoms with E-state index in [0.29, 0.717) is 13.0 Å². The summed E-state index contributed by atoms with van der Waals surface area (Å²) in [5, 5.41) is 11.5. The van der Waals surface area contributed by atoms with Gasteiger partial charge in [0.25, 0.3) is 0 Å². The van der Waals surface area contributed by atoms with Crippen molar-refractivity contribution < 1.29 is 9.90 Å². The summed E-state index contributed by atoms with van der Waals surface area (Å²) in [6.45, 7) is 0.917. The molecule has 1 aromatic carbocycles. The Morgan fingerprint density at radius 2 is 2.11 bits per heavy atom. The van der Waals surface area contributed by atoms with Crippen molar-refractivity contribution in [1.82, 2.24) is 5.32 Å². The molecule has 0 aliphatic carbocycles. The predicted octanol–water partition coefficient (Wildman–Crippen LogP) is 2.22. The lowest BCUT2D eigenvalue weighted by molar-refractivity contribution is -0.120. The number of carbonyl (C=O) groups is 1. The zero-order valence-electron chi connectivity index (χ0n) is 10.2. The molecule has 0 saturated heterocycles. The Morgan fingerprint density at radius 1 is 1.33 bits per heavy atom. The van der Waals surface area contributed by atoms with Gasteiger partial charge in [0.15, 0.2) is 0 Å². The molecule has 0 unspecified atom stereocenters. The maximum atomic E-state index is 11.7. The van der Waals surface area contributed by atoms with Gasteiger partial charge in [-0.2, -0.15) is 11.8 Å². The van der Waals surface area contributed by atoms with Crippen LogP contribution in [0.2, 0.25) is 0 Å². The third-order valence-corrected chi connectivity index (χ3v) is 4.17. The van der Waals surface area contributed by atoms with Crippen molar-refractivity contribution in [2.45, 2.75) is 12.8 Å². The molecule has 0 aliphatic heterocycles. The normalized spacial score (nSPS) is 10.3. The number of thioether (sulfide) groups is 1. The molecule has 0 aromatic heterocycles. The molecule has 5 heteroatoms. The topological polar surface area (TPSA) is 49.3 Å². The first-order valence-corrected chi connectivity index (χ1v) is 7.87. The van der Waals surface area contributed by atoms with Gasteiger partial charge >= 0.3 is 0 Å². The second kappa shape index (κ2) is 9.42. The van der Waals surface area contributed by atoms with E-state index < -0.39 is 0 Å². The van der Waals surface area contributed by atoms with Gasteiger partial charge in [0.2, 0.25) is 5.91 Å². The van der Waals surface area contributed by atoms with Crippen molar-refractivity contribution >= 4 is 33.6 Å². The Labute approximate surface area is 120 Å². The number of rotatable bonds is 8. The lowest BCUT2D eigenvalue weighted by atomic mass is 10.1. The van der Waals surface area contributed by atoms with Gasteiger partial charge in [-0.3, -0.25) is 4.79 Å². The Kier molecular flexibility index (Phi) is 8.13. The highest BCUT2D eigenvalue weighted by atomic mass is 79.9. The SMILES string of the molecule is O=C(Cc1ccccc1Br)NCCSCCCO. The highest BCUT2D eigenvalue weighted by Gasteiger charge is 2.05. The van der Waals surface area contributed by atoms with Crippen molar-refractivity contribution in [3.63, 3.8) is 0 Å². The average molecular weight is 332 g/mol. The molecule has 0 radical (unpaired) electrons. The second-order valence-corrected chi connectivity index (χ2v) is 5.89. The highest BCUT2D eigenvalue weighted by molar-refractivity contribution is 9.10. The van der Waals surface area contributed by atoms with Crippen molar-refractivity contribution in [1.29, 1.82) is 0 Å². The van der Waals surface area contributed by atoms with E-state index >= 15 is 0 Å². The van der Waals surface area contributed by atoms with E-state index in [1.54, 1.807) is 11.8 Å². The summed E-state index contributed by atoms with van der Waals surface area (Å²) in [5.74, 6) is 1.88. The first-order valence-electron chi connectivity index (χ1n) is 5.92. The Bertz CT molecular complexity index is 374. The Morgan fingerprint density at radius 3 is 2.83 bits per heavy atom. The van der Waals surface area contributed by atoms with Crippen molar-refractivity contribution in [2.24, 2.45) is 0 Å². The molecule has 1 amide bonds. The molecule has 0 bridgehead atoms. The minimum atomic E-state index is 0.0460. The fraction of sp³-hybridized carbons (Fsp3) is 0.462. The number of halogens is 1. The van der Waals surface area contributed by atoms with Crippen LogP contribution in [0.4, 0.5) is 0 Å². The minimum Gasteiger partial charge on any atom is -0.396 e. The van der Waals surface area contributed by atoms with Gasteiger partial charge in [-0.05, 0) is 23.8 Å². The van der Waals surface area contributed by atoms with Crippen LogP contribution in [0.1, 0.15) is 12.0 Å². The molecule has 0 spiro atoms. The van der Waals surface area contributed by atoms with E-state index in [0.717, 1.165) is 28.0 Å². The zero-order chi connectivity index (χ0) is 13.2. The van der Waals surface area contributed by atoms with E-state index in [4.69, 9.17) is 5.11 Å². The molecule has 0 aliphatic rings. The van der Waals surface area contributed by atoms with Gasteiger partial charge in [0.1, 0.15) is 0 Å². The molecule has 0 saturated carbocycles. The summed E-state index contributed by atoms with van der Waals surface area (Å²) in [4.78, 5) is 11.7. The number of nitrogens with one attached hydrogen (secondary N) is 1. The lowest BCUT2D eigenvalue weighted by Gasteiger charge is -2.06. The maximum Gasteiger partial charge on any atom is 0.224 e. The second-order valence-electron chi connectivity index (χ2n) is 3.81. The van der Waals surface area contributed by atoms with Gasteiger partial charge in [-0.15, -0.1) is 0 Å².